The van der Waals surface area contributed by atoms with Crippen LogP contribution in [0.3, 0.4) is 0 Å². The van der Waals surface area contributed by atoms with Gasteiger partial charge < -0.3 is 10.5 Å². The van der Waals surface area contributed by atoms with E-state index in [0.717, 1.165) is 0 Å². The van der Waals surface area contributed by atoms with Gasteiger partial charge in [0.05, 0.1) is 12.2 Å². The van der Waals surface area contributed by atoms with Crippen LogP contribution in [-0.2, 0) is 6.42 Å². The minimum atomic E-state index is -0.690. The zero-order valence-corrected chi connectivity index (χ0v) is 11.7. The number of carbonyl (C=O) groups excluding carboxylic acids is 1. The molecule has 0 saturated heterocycles. The van der Waals surface area contributed by atoms with Crippen LogP contribution in [0, 0.1) is 11.6 Å². The fourth-order valence-electron chi connectivity index (χ4n) is 1.85. The summed E-state index contributed by atoms with van der Waals surface area (Å²) in [5.41, 5.74) is 5.28. The molecule has 110 valence electrons. The number of hydrogen-bond donors (Lipinski definition) is 1. The number of rotatable bonds is 5. The van der Waals surface area contributed by atoms with Crippen molar-refractivity contribution in [2.45, 2.75) is 6.42 Å². The third kappa shape index (κ3) is 3.70. The third-order valence-corrected chi connectivity index (χ3v) is 3.11. The molecule has 2 N–H and O–H groups in total. The van der Waals surface area contributed by atoms with Crippen molar-refractivity contribution in [2.75, 3.05) is 6.61 Å². The Bertz CT molecular complexity index is 656. The molecule has 2 aromatic carbocycles. The molecule has 2 rings (SSSR count). The number of halogens is 3. The molecule has 3 nitrogen and oxygen atoms in total. The average Bonchev–Trinajstić information content (AvgIpc) is 2.43. The molecule has 0 fully saturated rings. The second-order valence-corrected chi connectivity index (χ2v) is 4.74. The van der Waals surface area contributed by atoms with Crippen molar-refractivity contribution in [3.05, 3.63) is 64.2 Å². The van der Waals surface area contributed by atoms with Crippen LogP contribution in [0.4, 0.5) is 8.78 Å². The Morgan fingerprint density at radius 3 is 2.48 bits per heavy atom. The maximum atomic E-state index is 13.4. The first-order valence-corrected chi connectivity index (χ1v) is 6.52. The molecule has 0 aliphatic heterocycles. The minimum absolute atomic E-state index is 0.000232. The standard InChI is InChI=1S/C15H12ClF2NO2/c16-9-4-5-14(11(8-9)15(19)20)21-7-6-10-12(17)2-1-3-13(10)18/h1-5,8H,6-7H2,(H2,19,20). The van der Waals surface area contributed by atoms with Gasteiger partial charge in [0.15, 0.2) is 0 Å². The topological polar surface area (TPSA) is 52.3 Å². The van der Waals surface area contributed by atoms with Gasteiger partial charge in [-0.15, -0.1) is 0 Å². The van der Waals surface area contributed by atoms with Crippen LogP contribution >= 0.6 is 11.6 Å². The van der Waals surface area contributed by atoms with Crippen molar-refractivity contribution >= 4 is 17.5 Å². The minimum Gasteiger partial charge on any atom is -0.492 e. The zero-order valence-electron chi connectivity index (χ0n) is 10.9. The second-order valence-electron chi connectivity index (χ2n) is 4.30. The average molecular weight is 312 g/mol. The molecule has 0 aliphatic rings. The van der Waals surface area contributed by atoms with E-state index in [9.17, 15) is 13.6 Å². The highest BCUT2D eigenvalue weighted by molar-refractivity contribution is 6.31. The van der Waals surface area contributed by atoms with Crippen LogP contribution in [0.2, 0.25) is 5.02 Å². The molecule has 0 aromatic heterocycles. The van der Waals surface area contributed by atoms with Crippen molar-refractivity contribution in [3.63, 3.8) is 0 Å². The van der Waals surface area contributed by atoms with E-state index in [2.05, 4.69) is 0 Å². The van der Waals surface area contributed by atoms with Crippen molar-refractivity contribution in [2.24, 2.45) is 5.73 Å². The Balaban J connectivity index is 2.09. The smallest absolute Gasteiger partial charge is 0.252 e. The highest BCUT2D eigenvalue weighted by Crippen LogP contribution is 2.23. The molecule has 0 heterocycles. The Morgan fingerprint density at radius 2 is 1.86 bits per heavy atom. The van der Waals surface area contributed by atoms with Gasteiger partial charge in [0.25, 0.3) is 5.91 Å². The fourth-order valence-corrected chi connectivity index (χ4v) is 2.03. The fraction of sp³-hybridized carbons (Fsp3) is 0.133. The Hall–Kier alpha value is -2.14. The second kappa shape index (κ2) is 6.54. The van der Waals surface area contributed by atoms with Crippen molar-refractivity contribution < 1.29 is 18.3 Å². The summed E-state index contributed by atoms with van der Waals surface area (Å²) in [5.74, 6) is -1.73. The molecule has 0 aliphatic carbocycles. The Morgan fingerprint density at radius 1 is 1.19 bits per heavy atom. The number of nitrogens with two attached hydrogens (primary N) is 1. The summed E-state index contributed by atoms with van der Waals surface area (Å²) in [6, 6.07) is 8.04. The summed E-state index contributed by atoms with van der Waals surface area (Å²) in [5, 5.41) is 0.344. The van der Waals surface area contributed by atoms with E-state index < -0.39 is 17.5 Å². The lowest BCUT2D eigenvalue weighted by Crippen LogP contribution is -2.14. The molecule has 1 amide bonds. The van der Waals surface area contributed by atoms with Gasteiger partial charge in [-0.25, -0.2) is 8.78 Å². The van der Waals surface area contributed by atoms with E-state index in [0.29, 0.717) is 5.02 Å². The van der Waals surface area contributed by atoms with Crippen LogP contribution < -0.4 is 10.5 Å². The molecule has 6 heteroatoms. The van der Waals surface area contributed by atoms with Gasteiger partial charge in [-0.2, -0.15) is 0 Å². The van der Waals surface area contributed by atoms with Gasteiger partial charge in [-0.05, 0) is 30.3 Å². The normalized spacial score (nSPS) is 10.4. The predicted molar refractivity (Wildman–Crippen MR) is 75.5 cm³/mol. The summed E-state index contributed by atoms with van der Waals surface area (Å²) in [7, 11) is 0. The molecule has 0 unspecified atom stereocenters. The van der Waals surface area contributed by atoms with Crippen LogP contribution in [0.1, 0.15) is 15.9 Å². The summed E-state index contributed by atoms with van der Waals surface area (Å²) >= 11 is 5.77. The molecular weight excluding hydrogens is 300 g/mol. The van der Waals surface area contributed by atoms with E-state index in [-0.39, 0.29) is 29.9 Å². The lowest BCUT2D eigenvalue weighted by atomic mass is 10.1. The Labute approximate surface area is 125 Å². The van der Waals surface area contributed by atoms with Gasteiger partial charge in [-0.1, -0.05) is 17.7 Å². The number of benzene rings is 2. The molecule has 0 spiro atoms. The van der Waals surface area contributed by atoms with E-state index in [1.807, 2.05) is 0 Å². The van der Waals surface area contributed by atoms with Gasteiger partial charge in [0.1, 0.15) is 17.4 Å². The number of primary amides is 1. The first-order valence-electron chi connectivity index (χ1n) is 6.14. The van der Waals surface area contributed by atoms with Crippen molar-refractivity contribution in [3.8, 4) is 5.75 Å². The van der Waals surface area contributed by atoms with Crippen LogP contribution in [0.5, 0.6) is 5.75 Å². The summed E-state index contributed by atoms with van der Waals surface area (Å²) in [6.45, 7) is -0.000232. The number of ether oxygens (including phenoxy) is 1. The van der Waals surface area contributed by atoms with Gasteiger partial charge in [0, 0.05) is 17.0 Å². The summed E-state index contributed by atoms with van der Waals surface area (Å²) in [4.78, 5) is 11.3. The van der Waals surface area contributed by atoms with Crippen molar-refractivity contribution in [1.29, 1.82) is 0 Å². The lowest BCUT2D eigenvalue weighted by Gasteiger charge is -2.10. The number of hydrogen-bond acceptors (Lipinski definition) is 2. The summed E-state index contributed by atoms with van der Waals surface area (Å²) < 4.78 is 32.3. The number of carbonyl (C=O) groups is 1. The first-order chi connectivity index (χ1) is 9.99. The lowest BCUT2D eigenvalue weighted by molar-refractivity contribution is 0.0996. The maximum absolute atomic E-state index is 13.4. The number of amides is 1. The predicted octanol–water partition coefficient (Wildman–Crippen LogP) is 3.34. The maximum Gasteiger partial charge on any atom is 0.252 e. The van der Waals surface area contributed by atoms with Gasteiger partial charge >= 0.3 is 0 Å². The first kappa shape index (κ1) is 15.3. The van der Waals surface area contributed by atoms with Crippen LogP contribution in [0.15, 0.2) is 36.4 Å². The summed E-state index contributed by atoms with van der Waals surface area (Å²) in [6.07, 6.45) is 0.0271. The molecule has 0 saturated carbocycles. The zero-order chi connectivity index (χ0) is 15.4. The largest absolute Gasteiger partial charge is 0.492 e. The van der Waals surface area contributed by atoms with Crippen molar-refractivity contribution in [1.82, 2.24) is 0 Å². The molecule has 2 aromatic rings. The molecule has 0 bridgehead atoms. The van der Waals surface area contributed by atoms with Crippen LogP contribution in [0.25, 0.3) is 0 Å². The van der Waals surface area contributed by atoms with E-state index >= 15 is 0 Å². The quantitative estimate of drug-likeness (QED) is 0.920. The van der Waals surface area contributed by atoms with E-state index in [1.165, 1.54) is 36.4 Å². The van der Waals surface area contributed by atoms with Crippen LogP contribution in [-0.4, -0.2) is 12.5 Å². The van der Waals surface area contributed by atoms with Gasteiger partial charge in [0.2, 0.25) is 0 Å². The van der Waals surface area contributed by atoms with Gasteiger partial charge in [-0.3, -0.25) is 4.79 Å². The SMILES string of the molecule is NC(=O)c1cc(Cl)ccc1OCCc1c(F)cccc1F. The van der Waals surface area contributed by atoms with E-state index in [4.69, 9.17) is 22.1 Å². The molecule has 21 heavy (non-hydrogen) atoms. The molecule has 0 atom stereocenters. The highest BCUT2D eigenvalue weighted by Gasteiger charge is 2.12. The molecule has 0 radical (unpaired) electrons. The Kier molecular flexibility index (Phi) is 4.75. The monoisotopic (exact) mass is 311 g/mol. The third-order valence-electron chi connectivity index (χ3n) is 2.88. The highest BCUT2D eigenvalue weighted by atomic mass is 35.5. The molecular formula is C15H12ClF2NO2. The van der Waals surface area contributed by atoms with E-state index in [1.54, 1.807) is 0 Å².